The van der Waals surface area contributed by atoms with Crippen LogP contribution in [0.1, 0.15) is 0 Å². The van der Waals surface area contributed by atoms with Crippen LogP contribution in [0, 0.1) is 15.3 Å². The zero-order chi connectivity index (χ0) is 8.08. The molecule has 0 radical (unpaired) electrons. The molecule has 0 aromatic heterocycles. The highest BCUT2D eigenvalue weighted by atomic mass is 32.3. The summed E-state index contributed by atoms with van der Waals surface area (Å²) in [7, 11) is -5.17. The topological polar surface area (TPSA) is 146 Å². The Morgan fingerprint density at radius 2 is 1.11 bits per heavy atom. The molecule has 0 aliphatic carbocycles. The summed E-state index contributed by atoms with van der Waals surface area (Å²) >= 11 is 0. The quantitative estimate of drug-likeness (QED) is 0.179. The molecule has 9 heteroatoms. The smallest absolute Gasteiger partial charge is 0.0689 e. The van der Waals surface area contributed by atoms with Crippen molar-refractivity contribution in [3.63, 3.8) is 0 Å². The van der Waals surface area contributed by atoms with E-state index in [0.29, 0.717) is 0 Å². The zero-order valence-electron chi connectivity index (χ0n) is 3.71. The second kappa shape index (κ2) is 4.00. The zero-order valence-corrected chi connectivity index (χ0v) is 4.53. The van der Waals surface area contributed by atoms with E-state index >= 15 is 0 Å². The summed E-state index contributed by atoms with van der Waals surface area (Å²) in [4.78, 5) is 8.25. The Morgan fingerprint density at radius 1 is 1.11 bits per heavy atom. The van der Waals surface area contributed by atoms with Gasteiger partial charge in [0.1, 0.15) is 0 Å². The maximum atomic E-state index is 8.52. The van der Waals surface area contributed by atoms with E-state index in [2.05, 4.69) is 0 Å². The molecular formula is NO7S-3. The minimum Gasteiger partial charge on any atom is -0.759 e. The predicted octanol–water partition coefficient (Wildman–Crippen LogP) is -1.58. The van der Waals surface area contributed by atoms with Crippen molar-refractivity contribution in [1.82, 2.24) is 0 Å². The summed E-state index contributed by atoms with van der Waals surface area (Å²) < 4.78 is 34.1. The maximum absolute atomic E-state index is 8.52. The van der Waals surface area contributed by atoms with Gasteiger partial charge in [-0.25, -0.2) is 0 Å². The third-order valence-electron chi connectivity index (χ3n) is 0. The largest absolute Gasteiger partial charge is 0.759 e. The van der Waals surface area contributed by atoms with Gasteiger partial charge < -0.3 is 24.4 Å². The normalized spacial score (nSPS) is 9.11. The van der Waals surface area contributed by atoms with Crippen molar-refractivity contribution in [3.8, 4) is 0 Å². The van der Waals surface area contributed by atoms with Crippen molar-refractivity contribution in [2.24, 2.45) is 0 Å². The van der Waals surface area contributed by atoms with Gasteiger partial charge in [0.25, 0.3) is 0 Å². The van der Waals surface area contributed by atoms with Crippen LogP contribution in [0.2, 0.25) is 0 Å². The Bertz CT molecular complexity index is 151. The van der Waals surface area contributed by atoms with Gasteiger partial charge in [-0.05, 0) is 0 Å². The highest BCUT2D eigenvalue weighted by molar-refractivity contribution is 7.79. The third-order valence-corrected chi connectivity index (χ3v) is 0. The molecule has 8 nitrogen and oxygen atoms in total. The molecule has 0 atom stereocenters. The fraction of sp³-hybridized carbons (Fsp3) is 0. The molecular weight excluding hydrogens is 158 g/mol. The minimum atomic E-state index is -5.17. The van der Waals surface area contributed by atoms with Gasteiger partial charge in [-0.1, -0.05) is 0 Å². The van der Waals surface area contributed by atoms with Crippen LogP contribution < -0.4 is 0 Å². The van der Waals surface area contributed by atoms with Gasteiger partial charge in [0.15, 0.2) is 0 Å². The number of hydrogen-bond acceptors (Lipinski definition) is 7. The van der Waals surface area contributed by atoms with E-state index in [9.17, 15) is 0 Å². The lowest BCUT2D eigenvalue weighted by Gasteiger charge is -2.06. The molecule has 0 saturated heterocycles. The summed E-state index contributed by atoms with van der Waals surface area (Å²) in [6.45, 7) is 0. The molecule has 0 aliphatic heterocycles. The SMILES string of the molecule is O=S(=O)([O-])[O-].O=[N+]([O-])[O-]. The van der Waals surface area contributed by atoms with E-state index in [1.54, 1.807) is 0 Å². The fourth-order valence-corrected chi connectivity index (χ4v) is 0. The average molecular weight is 158 g/mol. The molecule has 0 unspecified atom stereocenters. The summed E-state index contributed by atoms with van der Waals surface area (Å²) in [5, 5.41) is 14.8. The molecule has 9 heavy (non-hydrogen) atoms. The fourth-order valence-electron chi connectivity index (χ4n) is 0. The van der Waals surface area contributed by atoms with E-state index in [1.165, 1.54) is 0 Å². The van der Waals surface area contributed by atoms with Gasteiger partial charge in [0.2, 0.25) is 0 Å². The summed E-state index contributed by atoms with van der Waals surface area (Å²) in [5.41, 5.74) is 0. The summed E-state index contributed by atoms with van der Waals surface area (Å²) in [5.74, 6) is 0. The van der Waals surface area contributed by atoms with Crippen LogP contribution in [0.3, 0.4) is 0 Å². The van der Waals surface area contributed by atoms with Gasteiger partial charge in [-0.15, -0.1) is 0 Å². The molecule has 0 heterocycles. The van der Waals surface area contributed by atoms with E-state index in [-0.39, 0.29) is 0 Å². The van der Waals surface area contributed by atoms with Crippen LogP contribution >= 0.6 is 0 Å². The number of rotatable bonds is 0. The van der Waals surface area contributed by atoms with Crippen molar-refractivity contribution in [3.05, 3.63) is 15.3 Å². The van der Waals surface area contributed by atoms with E-state index in [1.807, 2.05) is 0 Å². The molecule has 0 amide bonds. The second-order valence-electron chi connectivity index (χ2n) is 0.632. The first-order valence-corrected chi connectivity index (χ1v) is 2.55. The second-order valence-corrected chi connectivity index (χ2v) is 1.45. The standard InChI is InChI=1S/NO3.H2O4S/c2-1(3)4;1-5(2,3)4/h;(H2,1,2,3,4)/q-1;/p-2. The molecule has 0 N–H and O–H groups in total. The lowest BCUT2D eigenvalue weighted by molar-refractivity contribution is -0.402. The van der Waals surface area contributed by atoms with E-state index in [4.69, 9.17) is 32.8 Å². The van der Waals surface area contributed by atoms with Crippen molar-refractivity contribution >= 4 is 10.4 Å². The first kappa shape index (κ1) is 10.9. The lowest BCUT2D eigenvalue weighted by Crippen LogP contribution is -1.91. The van der Waals surface area contributed by atoms with E-state index < -0.39 is 15.5 Å². The minimum absolute atomic E-state index is 1.75. The van der Waals surface area contributed by atoms with Gasteiger partial charge in [-0.2, -0.15) is 0 Å². The molecule has 0 aromatic rings. The molecule has 0 aliphatic rings. The number of nitrogens with zero attached hydrogens (tertiary/aromatic N) is 1. The highest BCUT2D eigenvalue weighted by Gasteiger charge is 1.49. The Kier molecular flexibility index (Phi) is 4.87. The molecule has 0 saturated carbocycles. The Hall–Kier alpha value is -0.930. The Balaban J connectivity index is 0. The average Bonchev–Trinajstić information content (AvgIpc) is 1.19. The van der Waals surface area contributed by atoms with Crippen LogP contribution in [-0.2, 0) is 10.4 Å². The monoisotopic (exact) mass is 158 g/mol. The van der Waals surface area contributed by atoms with Crippen LogP contribution in [0.4, 0.5) is 0 Å². The molecule has 0 bridgehead atoms. The van der Waals surface area contributed by atoms with Crippen molar-refractivity contribution in [2.45, 2.75) is 0 Å². The number of hydrogen-bond donors (Lipinski definition) is 0. The van der Waals surface area contributed by atoms with Crippen molar-refractivity contribution in [1.29, 1.82) is 0 Å². The molecule has 0 spiro atoms. The van der Waals surface area contributed by atoms with Gasteiger partial charge >= 0.3 is 0 Å². The van der Waals surface area contributed by atoms with Crippen molar-refractivity contribution < 1.29 is 22.6 Å². The van der Waals surface area contributed by atoms with Crippen molar-refractivity contribution in [2.75, 3.05) is 0 Å². The molecule has 0 fully saturated rings. The Labute approximate surface area is 49.4 Å². The van der Waals surface area contributed by atoms with Gasteiger partial charge in [0, 0.05) is 10.4 Å². The van der Waals surface area contributed by atoms with Crippen LogP contribution in [-0.4, -0.2) is 22.6 Å². The predicted molar refractivity (Wildman–Crippen MR) is 20.8 cm³/mol. The van der Waals surface area contributed by atoms with Crippen LogP contribution in [0.5, 0.6) is 0 Å². The highest BCUT2D eigenvalue weighted by Crippen LogP contribution is 1.57. The summed E-state index contributed by atoms with van der Waals surface area (Å²) in [6, 6.07) is 0. The van der Waals surface area contributed by atoms with Gasteiger partial charge in [-0.3, -0.25) is 8.42 Å². The van der Waals surface area contributed by atoms with Crippen LogP contribution in [0.25, 0.3) is 0 Å². The van der Waals surface area contributed by atoms with Gasteiger partial charge in [0.05, 0.1) is 5.09 Å². The molecule has 0 rings (SSSR count). The lowest BCUT2D eigenvalue weighted by atomic mass is 13.1. The molecule has 56 valence electrons. The summed E-state index contributed by atoms with van der Waals surface area (Å²) in [6.07, 6.45) is 0. The van der Waals surface area contributed by atoms with Crippen LogP contribution in [0.15, 0.2) is 0 Å². The molecule has 0 aromatic carbocycles. The first-order chi connectivity index (χ1) is 3.73. The third kappa shape index (κ3) is 210. The Morgan fingerprint density at radius 3 is 1.11 bits per heavy atom. The maximum Gasteiger partial charge on any atom is 0.0689 e. The van der Waals surface area contributed by atoms with E-state index in [0.717, 1.165) is 0 Å². The first-order valence-electron chi connectivity index (χ1n) is 1.21.